The van der Waals surface area contributed by atoms with Gasteiger partial charge in [0.05, 0.1) is 0 Å². The lowest BCUT2D eigenvalue weighted by atomic mass is 10.1. The molecule has 1 aliphatic rings. The molecule has 0 atom stereocenters. The van der Waals surface area contributed by atoms with Crippen LogP contribution in [0, 0.1) is 5.92 Å². The standard InChI is InChI=1S/C17H23N3O2/c1-13(2)7-8-16(21)19-9-11-20(12-10-19)17-18-14-5-3-4-6-15(14)22-17/h3-6,13H,7-12H2,1-2H3. The minimum atomic E-state index is 0.269. The summed E-state index contributed by atoms with van der Waals surface area (Å²) in [6, 6.07) is 8.45. The van der Waals surface area contributed by atoms with Crippen LogP contribution in [0.4, 0.5) is 6.01 Å². The Labute approximate surface area is 130 Å². The average molecular weight is 301 g/mol. The molecule has 0 unspecified atom stereocenters. The highest BCUT2D eigenvalue weighted by Crippen LogP contribution is 2.22. The van der Waals surface area contributed by atoms with Gasteiger partial charge in [-0.2, -0.15) is 4.98 Å². The zero-order valence-corrected chi connectivity index (χ0v) is 13.3. The second-order valence-corrected chi connectivity index (χ2v) is 6.26. The Bertz CT molecular complexity index is 609. The number of oxazole rings is 1. The average Bonchev–Trinajstić information content (AvgIpc) is 2.96. The van der Waals surface area contributed by atoms with Gasteiger partial charge in [0.2, 0.25) is 5.91 Å². The molecule has 2 heterocycles. The van der Waals surface area contributed by atoms with Gasteiger partial charge in [0.15, 0.2) is 5.58 Å². The van der Waals surface area contributed by atoms with Crippen molar-refractivity contribution in [3.63, 3.8) is 0 Å². The summed E-state index contributed by atoms with van der Waals surface area (Å²) in [5.41, 5.74) is 1.70. The molecule has 1 saturated heterocycles. The molecule has 2 aromatic rings. The summed E-state index contributed by atoms with van der Waals surface area (Å²) >= 11 is 0. The lowest BCUT2D eigenvalue weighted by Gasteiger charge is -2.34. The Hall–Kier alpha value is -2.04. The van der Waals surface area contributed by atoms with Gasteiger partial charge in [-0.15, -0.1) is 0 Å². The number of nitrogens with zero attached hydrogens (tertiary/aromatic N) is 3. The van der Waals surface area contributed by atoms with Gasteiger partial charge in [-0.25, -0.2) is 0 Å². The summed E-state index contributed by atoms with van der Waals surface area (Å²) < 4.78 is 5.79. The third kappa shape index (κ3) is 3.24. The van der Waals surface area contributed by atoms with Crippen LogP contribution in [-0.2, 0) is 4.79 Å². The monoisotopic (exact) mass is 301 g/mol. The molecule has 1 fully saturated rings. The number of amides is 1. The van der Waals surface area contributed by atoms with Gasteiger partial charge in [0.25, 0.3) is 6.01 Å². The minimum absolute atomic E-state index is 0.269. The van der Waals surface area contributed by atoms with Crippen molar-refractivity contribution in [1.29, 1.82) is 0 Å². The van der Waals surface area contributed by atoms with Gasteiger partial charge >= 0.3 is 0 Å². The van der Waals surface area contributed by atoms with Crippen LogP contribution in [0.5, 0.6) is 0 Å². The van der Waals surface area contributed by atoms with E-state index in [4.69, 9.17) is 4.42 Å². The number of piperazine rings is 1. The number of benzene rings is 1. The van der Waals surface area contributed by atoms with Crippen molar-refractivity contribution in [2.24, 2.45) is 5.92 Å². The smallest absolute Gasteiger partial charge is 0.298 e. The third-order valence-electron chi connectivity index (χ3n) is 4.12. The minimum Gasteiger partial charge on any atom is -0.423 e. The SMILES string of the molecule is CC(C)CCC(=O)N1CCN(c2nc3ccccc3o2)CC1. The first-order chi connectivity index (χ1) is 10.6. The Balaban J connectivity index is 1.58. The highest BCUT2D eigenvalue weighted by molar-refractivity contribution is 5.77. The normalized spacial score (nSPS) is 15.8. The zero-order chi connectivity index (χ0) is 15.5. The van der Waals surface area contributed by atoms with E-state index in [0.717, 1.165) is 43.7 Å². The van der Waals surface area contributed by atoms with E-state index < -0.39 is 0 Å². The molecule has 1 amide bonds. The number of carbonyl (C=O) groups is 1. The molecule has 0 aliphatic carbocycles. The van der Waals surface area contributed by atoms with Crippen molar-refractivity contribution in [3.05, 3.63) is 24.3 Å². The maximum Gasteiger partial charge on any atom is 0.298 e. The summed E-state index contributed by atoms with van der Waals surface area (Å²) in [5, 5.41) is 0. The van der Waals surface area contributed by atoms with Crippen molar-refractivity contribution >= 4 is 23.0 Å². The second kappa shape index (κ2) is 6.38. The molecule has 5 nitrogen and oxygen atoms in total. The van der Waals surface area contributed by atoms with Crippen LogP contribution < -0.4 is 4.90 Å². The van der Waals surface area contributed by atoms with Gasteiger partial charge in [-0.1, -0.05) is 26.0 Å². The van der Waals surface area contributed by atoms with Crippen LogP contribution in [0.1, 0.15) is 26.7 Å². The topological polar surface area (TPSA) is 49.6 Å². The number of aromatic nitrogens is 1. The largest absolute Gasteiger partial charge is 0.423 e. The number of anilines is 1. The first kappa shape index (κ1) is 14.9. The molecule has 22 heavy (non-hydrogen) atoms. The second-order valence-electron chi connectivity index (χ2n) is 6.26. The van der Waals surface area contributed by atoms with Crippen LogP contribution in [0.25, 0.3) is 11.1 Å². The van der Waals surface area contributed by atoms with Crippen LogP contribution in [0.3, 0.4) is 0 Å². The molecule has 1 aromatic carbocycles. The Morgan fingerprint density at radius 2 is 1.95 bits per heavy atom. The van der Waals surface area contributed by atoms with Crippen LogP contribution >= 0.6 is 0 Å². The molecule has 0 N–H and O–H groups in total. The molecular formula is C17H23N3O2. The summed E-state index contributed by atoms with van der Waals surface area (Å²) in [6.07, 6.45) is 1.62. The van der Waals surface area contributed by atoms with Crippen molar-refractivity contribution in [3.8, 4) is 0 Å². The maximum atomic E-state index is 12.2. The summed E-state index contributed by atoms with van der Waals surface area (Å²) in [7, 11) is 0. The maximum absolute atomic E-state index is 12.2. The van der Waals surface area contributed by atoms with E-state index in [0.29, 0.717) is 18.4 Å². The lowest BCUT2D eigenvalue weighted by molar-refractivity contribution is -0.131. The van der Waals surface area contributed by atoms with Gasteiger partial charge in [-0.3, -0.25) is 4.79 Å². The number of fused-ring (bicyclic) bond motifs is 1. The fraction of sp³-hybridized carbons (Fsp3) is 0.529. The van der Waals surface area contributed by atoms with E-state index in [9.17, 15) is 4.79 Å². The Kier molecular flexibility index (Phi) is 4.32. The van der Waals surface area contributed by atoms with Gasteiger partial charge in [0, 0.05) is 32.6 Å². The van der Waals surface area contributed by atoms with Gasteiger partial charge in [-0.05, 0) is 24.5 Å². The molecule has 5 heteroatoms. The molecule has 1 aliphatic heterocycles. The first-order valence-electron chi connectivity index (χ1n) is 8.02. The number of hydrogen-bond donors (Lipinski definition) is 0. The molecule has 3 rings (SSSR count). The molecular weight excluding hydrogens is 278 g/mol. The fourth-order valence-electron chi connectivity index (χ4n) is 2.71. The van der Waals surface area contributed by atoms with Crippen molar-refractivity contribution in [1.82, 2.24) is 9.88 Å². The number of rotatable bonds is 4. The Morgan fingerprint density at radius 1 is 1.23 bits per heavy atom. The molecule has 0 spiro atoms. The molecule has 0 bridgehead atoms. The Morgan fingerprint density at radius 3 is 2.64 bits per heavy atom. The highest BCUT2D eigenvalue weighted by Gasteiger charge is 2.23. The predicted octanol–water partition coefficient (Wildman–Crippen LogP) is 2.91. The van der Waals surface area contributed by atoms with E-state index in [-0.39, 0.29) is 5.91 Å². The zero-order valence-electron chi connectivity index (χ0n) is 13.3. The predicted molar refractivity (Wildman–Crippen MR) is 86.9 cm³/mol. The van der Waals surface area contributed by atoms with E-state index in [2.05, 4.69) is 23.7 Å². The van der Waals surface area contributed by atoms with E-state index >= 15 is 0 Å². The van der Waals surface area contributed by atoms with Gasteiger partial charge < -0.3 is 14.2 Å². The summed E-state index contributed by atoms with van der Waals surface area (Å²) in [4.78, 5) is 20.8. The third-order valence-corrected chi connectivity index (χ3v) is 4.12. The van der Waals surface area contributed by atoms with Crippen molar-refractivity contribution < 1.29 is 9.21 Å². The summed E-state index contributed by atoms with van der Waals surface area (Å²) in [6.45, 7) is 7.35. The molecule has 1 aromatic heterocycles. The quantitative estimate of drug-likeness (QED) is 0.871. The lowest BCUT2D eigenvalue weighted by Crippen LogP contribution is -2.48. The number of hydrogen-bond acceptors (Lipinski definition) is 4. The van der Waals surface area contributed by atoms with Crippen LogP contribution in [0.2, 0.25) is 0 Å². The fourth-order valence-corrected chi connectivity index (χ4v) is 2.71. The van der Waals surface area contributed by atoms with E-state index in [1.54, 1.807) is 0 Å². The molecule has 0 radical (unpaired) electrons. The first-order valence-corrected chi connectivity index (χ1v) is 8.02. The molecule has 118 valence electrons. The number of carbonyl (C=O) groups excluding carboxylic acids is 1. The van der Waals surface area contributed by atoms with E-state index in [1.807, 2.05) is 29.2 Å². The highest BCUT2D eigenvalue weighted by atomic mass is 16.4. The van der Waals surface area contributed by atoms with Crippen molar-refractivity contribution in [2.75, 3.05) is 31.1 Å². The van der Waals surface area contributed by atoms with Crippen molar-refractivity contribution in [2.45, 2.75) is 26.7 Å². The summed E-state index contributed by atoms with van der Waals surface area (Å²) in [5.74, 6) is 0.843. The van der Waals surface area contributed by atoms with Crippen LogP contribution in [0.15, 0.2) is 28.7 Å². The van der Waals surface area contributed by atoms with Gasteiger partial charge in [0.1, 0.15) is 5.52 Å². The van der Waals surface area contributed by atoms with E-state index in [1.165, 1.54) is 0 Å². The van der Waals surface area contributed by atoms with Crippen LogP contribution in [-0.4, -0.2) is 42.0 Å². The number of para-hydroxylation sites is 2. The molecule has 0 saturated carbocycles.